The molecule has 3 aromatic carbocycles. The first kappa shape index (κ1) is 20.0. The van der Waals surface area contributed by atoms with Gasteiger partial charge < -0.3 is 4.57 Å². The van der Waals surface area contributed by atoms with Crippen LogP contribution in [0.5, 0.6) is 0 Å². The Hall–Kier alpha value is -3.29. The first-order valence-electron chi connectivity index (χ1n) is 9.15. The van der Waals surface area contributed by atoms with Crippen molar-refractivity contribution in [3.63, 3.8) is 0 Å². The lowest BCUT2D eigenvalue weighted by molar-refractivity contribution is 0.601. The first-order chi connectivity index (χ1) is 14.4. The summed E-state index contributed by atoms with van der Waals surface area (Å²) < 4.78 is 32.4. The third-order valence-electron chi connectivity index (χ3n) is 4.50. The maximum absolute atomic E-state index is 13.3. The minimum Gasteiger partial charge on any atom is -0.334 e. The van der Waals surface area contributed by atoms with E-state index in [0.29, 0.717) is 22.1 Å². The molecule has 0 bridgehead atoms. The standard InChI is InChI=1S/C22H19ClN4O2S/c1-26-16-15-24-22(26)17-7-11-20(12-8-17)27(21-13-9-18(23)10-14-21)30(28,29)25-19-5-3-2-4-6-19/h2-16,25H,1H3. The van der Waals surface area contributed by atoms with Crippen LogP contribution in [0.3, 0.4) is 0 Å². The third-order valence-corrected chi connectivity index (χ3v) is 6.15. The number of para-hydroxylation sites is 1. The molecule has 0 aliphatic rings. The summed E-state index contributed by atoms with van der Waals surface area (Å²) in [6, 6.07) is 22.6. The van der Waals surface area contributed by atoms with Crippen LogP contribution in [-0.2, 0) is 17.3 Å². The molecule has 4 aromatic rings. The van der Waals surface area contributed by atoms with Crippen molar-refractivity contribution in [2.45, 2.75) is 0 Å². The number of anilines is 3. The third kappa shape index (κ3) is 4.17. The first-order valence-corrected chi connectivity index (χ1v) is 11.0. The van der Waals surface area contributed by atoms with Crippen LogP contribution in [-0.4, -0.2) is 18.0 Å². The lowest BCUT2D eigenvalue weighted by Gasteiger charge is -2.25. The van der Waals surface area contributed by atoms with Crippen molar-refractivity contribution in [2.75, 3.05) is 9.03 Å². The van der Waals surface area contributed by atoms with E-state index in [9.17, 15) is 8.42 Å². The Morgan fingerprint density at radius 3 is 2.07 bits per heavy atom. The lowest BCUT2D eigenvalue weighted by atomic mass is 10.2. The Bertz CT molecular complexity index is 1240. The van der Waals surface area contributed by atoms with Crippen LogP contribution in [0.15, 0.2) is 91.3 Å². The molecule has 6 nitrogen and oxygen atoms in total. The van der Waals surface area contributed by atoms with Crippen molar-refractivity contribution < 1.29 is 8.42 Å². The van der Waals surface area contributed by atoms with Gasteiger partial charge in [-0.1, -0.05) is 29.8 Å². The van der Waals surface area contributed by atoms with E-state index in [1.807, 2.05) is 36.0 Å². The summed E-state index contributed by atoms with van der Waals surface area (Å²) in [5.41, 5.74) is 2.31. The predicted molar refractivity (Wildman–Crippen MR) is 121 cm³/mol. The number of hydrogen-bond donors (Lipinski definition) is 1. The second kappa shape index (κ2) is 8.22. The summed E-state index contributed by atoms with van der Waals surface area (Å²) in [7, 11) is -2.04. The second-order valence-electron chi connectivity index (χ2n) is 6.62. The molecular formula is C22H19ClN4O2S. The van der Waals surface area contributed by atoms with Gasteiger partial charge in [0.15, 0.2) is 0 Å². The van der Waals surface area contributed by atoms with Crippen molar-refractivity contribution >= 4 is 38.9 Å². The van der Waals surface area contributed by atoms with Gasteiger partial charge in [-0.15, -0.1) is 0 Å². The summed E-state index contributed by atoms with van der Waals surface area (Å²) in [6.45, 7) is 0. The molecule has 0 saturated carbocycles. The fourth-order valence-corrected chi connectivity index (χ4v) is 4.54. The van der Waals surface area contributed by atoms with E-state index in [-0.39, 0.29) is 0 Å². The molecule has 8 heteroatoms. The summed E-state index contributed by atoms with van der Waals surface area (Å²) >= 11 is 6.01. The molecule has 1 heterocycles. The van der Waals surface area contributed by atoms with Gasteiger partial charge in [-0.25, -0.2) is 9.29 Å². The number of hydrogen-bond acceptors (Lipinski definition) is 3. The highest BCUT2D eigenvalue weighted by Gasteiger charge is 2.25. The summed E-state index contributed by atoms with van der Waals surface area (Å²) in [6.07, 6.45) is 3.58. The van der Waals surface area contributed by atoms with E-state index in [2.05, 4.69) is 9.71 Å². The average Bonchev–Trinajstić information content (AvgIpc) is 3.16. The van der Waals surface area contributed by atoms with Gasteiger partial charge in [0.05, 0.1) is 17.1 Å². The molecule has 0 spiro atoms. The highest BCUT2D eigenvalue weighted by Crippen LogP contribution is 2.32. The molecule has 0 radical (unpaired) electrons. The van der Waals surface area contributed by atoms with Crippen LogP contribution in [0.25, 0.3) is 11.4 Å². The average molecular weight is 439 g/mol. The van der Waals surface area contributed by atoms with Gasteiger partial charge in [-0.3, -0.25) is 4.72 Å². The zero-order valence-electron chi connectivity index (χ0n) is 16.1. The van der Waals surface area contributed by atoms with E-state index in [4.69, 9.17) is 11.6 Å². The highest BCUT2D eigenvalue weighted by molar-refractivity contribution is 7.94. The molecule has 0 fully saturated rings. The molecule has 0 unspecified atom stereocenters. The Morgan fingerprint density at radius 1 is 0.900 bits per heavy atom. The van der Waals surface area contributed by atoms with Crippen LogP contribution in [0.1, 0.15) is 0 Å². The predicted octanol–water partition coefficient (Wildman–Crippen LogP) is 5.24. The van der Waals surface area contributed by atoms with Crippen LogP contribution in [0.4, 0.5) is 17.1 Å². The zero-order chi connectivity index (χ0) is 21.1. The molecule has 0 atom stereocenters. The molecule has 152 valence electrons. The van der Waals surface area contributed by atoms with Crippen molar-refractivity contribution in [2.24, 2.45) is 7.05 Å². The Balaban J connectivity index is 1.76. The van der Waals surface area contributed by atoms with Gasteiger partial charge in [-0.2, -0.15) is 8.42 Å². The molecule has 0 amide bonds. The maximum Gasteiger partial charge on any atom is 0.328 e. The van der Waals surface area contributed by atoms with E-state index >= 15 is 0 Å². The monoisotopic (exact) mass is 438 g/mol. The SMILES string of the molecule is Cn1ccnc1-c1ccc(N(c2ccc(Cl)cc2)S(=O)(=O)Nc2ccccc2)cc1. The fourth-order valence-electron chi connectivity index (χ4n) is 3.09. The molecule has 4 rings (SSSR count). The molecule has 0 aliphatic heterocycles. The molecule has 1 N–H and O–H groups in total. The van der Waals surface area contributed by atoms with Crippen molar-refractivity contribution in [3.8, 4) is 11.4 Å². The largest absolute Gasteiger partial charge is 0.334 e. The van der Waals surface area contributed by atoms with Gasteiger partial charge in [0, 0.05) is 30.0 Å². The fraction of sp³-hybridized carbons (Fsp3) is 0.0455. The molecule has 0 aliphatic carbocycles. The molecule has 1 aromatic heterocycles. The zero-order valence-corrected chi connectivity index (χ0v) is 17.7. The molecule has 30 heavy (non-hydrogen) atoms. The minimum absolute atomic E-state index is 0.465. The smallest absolute Gasteiger partial charge is 0.328 e. The number of halogens is 1. The topological polar surface area (TPSA) is 67.2 Å². The van der Waals surface area contributed by atoms with E-state index < -0.39 is 10.2 Å². The number of rotatable bonds is 6. The number of nitrogens with one attached hydrogen (secondary N) is 1. The van der Waals surface area contributed by atoms with Crippen LogP contribution >= 0.6 is 11.6 Å². The Kier molecular flexibility index (Phi) is 5.48. The van der Waals surface area contributed by atoms with Gasteiger partial charge >= 0.3 is 10.2 Å². The van der Waals surface area contributed by atoms with E-state index in [1.165, 1.54) is 4.31 Å². The van der Waals surface area contributed by atoms with Gasteiger partial charge in [-0.05, 0) is 60.7 Å². The van der Waals surface area contributed by atoms with Crippen molar-refractivity contribution in [1.82, 2.24) is 9.55 Å². The van der Waals surface area contributed by atoms with Crippen molar-refractivity contribution in [1.29, 1.82) is 0 Å². The van der Waals surface area contributed by atoms with E-state index in [0.717, 1.165) is 11.4 Å². The van der Waals surface area contributed by atoms with Crippen molar-refractivity contribution in [3.05, 3.63) is 96.3 Å². The number of aromatic nitrogens is 2. The normalized spacial score (nSPS) is 11.3. The van der Waals surface area contributed by atoms with Crippen LogP contribution < -0.4 is 9.03 Å². The number of nitrogens with zero attached hydrogens (tertiary/aromatic N) is 3. The maximum atomic E-state index is 13.3. The van der Waals surface area contributed by atoms with Gasteiger partial charge in [0.25, 0.3) is 0 Å². The Morgan fingerprint density at radius 2 is 1.50 bits per heavy atom. The minimum atomic E-state index is -3.95. The summed E-state index contributed by atoms with van der Waals surface area (Å²) in [4.78, 5) is 4.34. The summed E-state index contributed by atoms with van der Waals surface area (Å²) in [5.74, 6) is 0.796. The highest BCUT2D eigenvalue weighted by atomic mass is 35.5. The van der Waals surface area contributed by atoms with Crippen LogP contribution in [0.2, 0.25) is 5.02 Å². The number of imidazole rings is 1. The lowest BCUT2D eigenvalue weighted by Crippen LogP contribution is -2.32. The van der Waals surface area contributed by atoms with E-state index in [1.54, 1.807) is 66.9 Å². The molecule has 0 saturated heterocycles. The summed E-state index contributed by atoms with van der Waals surface area (Å²) in [5, 5.41) is 0.525. The number of aryl methyl sites for hydroxylation is 1. The second-order valence-corrected chi connectivity index (χ2v) is 8.58. The Labute approximate surface area is 180 Å². The van der Waals surface area contributed by atoms with Gasteiger partial charge in [0.2, 0.25) is 0 Å². The van der Waals surface area contributed by atoms with Gasteiger partial charge in [0.1, 0.15) is 5.82 Å². The number of benzene rings is 3. The van der Waals surface area contributed by atoms with Crippen LogP contribution in [0, 0.1) is 0 Å². The molecular weight excluding hydrogens is 420 g/mol. The quantitative estimate of drug-likeness (QED) is 0.448.